The molecule has 3 heterocycles. The van der Waals surface area contributed by atoms with Crippen molar-refractivity contribution in [2.24, 2.45) is 50.2 Å². The maximum absolute atomic E-state index is 14.3. The number of imidazole rings is 2. The van der Waals surface area contributed by atoms with Gasteiger partial charge >= 0.3 is 18.2 Å². The first-order chi connectivity index (χ1) is 22.5. The molecule has 5 saturated carbocycles. The van der Waals surface area contributed by atoms with Crippen molar-refractivity contribution in [2.45, 2.75) is 130 Å². The van der Waals surface area contributed by atoms with Crippen LogP contribution in [-0.2, 0) is 19.0 Å². The number of rotatable bonds is 2. The summed E-state index contributed by atoms with van der Waals surface area (Å²) < 4.78 is 22.6. The van der Waals surface area contributed by atoms with Crippen molar-refractivity contribution in [3.63, 3.8) is 0 Å². The van der Waals surface area contributed by atoms with E-state index in [4.69, 9.17) is 14.2 Å². The van der Waals surface area contributed by atoms with Gasteiger partial charge in [0.25, 0.3) is 0 Å². The molecule has 0 radical (unpaired) electrons. The van der Waals surface area contributed by atoms with Gasteiger partial charge in [0.05, 0.1) is 5.41 Å². The van der Waals surface area contributed by atoms with Gasteiger partial charge in [-0.2, -0.15) is 0 Å². The van der Waals surface area contributed by atoms with E-state index in [9.17, 15) is 14.4 Å². The van der Waals surface area contributed by atoms with Gasteiger partial charge in [-0.1, -0.05) is 48.5 Å². The molecule has 2 aromatic heterocycles. The Morgan fingerprint density at radius 3 is 2.02 bits per heavy atom. The maximum atomic E-state index is 14.3. The van der Waals surface area contributed by atoms with Crippen molar-refractivity contribution < 1.29 is 28.6 Å². The smallest absolute Gasteiger partial charge is 0.419 e. The third-order valence-electron chi connectivity index (χ3n) is 15.9. The minimum absolute atomic E-state index is 0.0151. The van der Waals surface area contributed by atoms with Crippen molar-refractivity contribution in [2.75, 3.05) is 0 Å². The SMILES string of the molecule is CC1(C)CC[C@@]23CC[C@]4(C)[C@](OC2=O)([C@@H](OC(=O)n2ccnc2)C[C@@H]2[C@@]5(C)CC[C@H](OC(=O)n6ccnc6)C(C)(C)[C@@H]5CC[C@]24C)[C@@H]3C1. The van der Waals surface area contributed by atoms with Gasteiger partial charge in [-0.15, -0.1) is 0 Å². The van der Waals surface area contributed by atoms with Crippen molar-refractivity contribution in [1.82, 2.24) is 19.1 Å². The van der Waals surface area contributed by atoms with Crippen LogP contribution in [0.3, 0.4) is 0 Å². The Morgan fingerprint density at radius 1 is 0.771 bits per heavy atom. The average molecular weight is 661 g/mol. The van der Waals surface area contributed by atoms with E-state index in [1.54, 1.807) is 24.8 Å². The van der Waals surface area contributed by atoms with Crippen LogP contribution in [0.1, 0.15) is 113 Å². The number of fused-ring (bicyclic) bond motifs is 4. The number of hydrogen-bond donors (Lipinski definition) is 0. The van der Waals surface area contributed by atoms with Crippen molar-refractivity contribution in [3.05, 3.63) is 37.4 Å². The van der Waals surface area contributed by atoms with Crippen molar-refractivity contribution in [3.8, 4) is 0 Å². The van der Waals surface area contributed by atoms with Crippen LogP contribution in [0, 0.1) is 50.2 Å². The summed E-state index contributed by atoms with van der Waals surface area (Å²) in [5.41, 5.74) is -2.31. The van der Waals surface area contributed by atoms with Gasteiger partial charge in [0.2, 0.25) is 0 Å². The summed E-state index contributed by atoms with van der Waals surface area (Å²) in [6.07, 6.45) is 16.4. The van der Waals surface area contributed by atoms with E-state index < -0.39 is 34.7 Å². The summed E-state index contributed by atoms with van der Waals surface area (Å²) in [5.74, 6) is 0.396. The van der Waals surface area contributed by atoms with E-state index in [-0.39, 0.29) is 51.5 Å². The molecule has 260 valence electrons. The second-order valence-electron chi connectivity index (χ2n) is 18.4. The molecule has 6 fully saturated rings. The fraction of sp³-hybridized carbons (Fsp3) is 0.763. The van der Waals surface area contributed by atoms with Crippen LogP contribution in [0.4, 0.5) is 9.59 Å². The molecular formula is C38H52N4O6. The van der Waals surface area contributed by atoms with E-state index in [0.29, 0.717) is 6.42 Å². The van der Waals surface area contributed by atoms with Gasteiger partial charge in [0.1, 0.15) is 24.9 Å². The molecule has 8 rings (SSSR count). The lowest BCUT2D eigenvalue weighted by Crippen LogP contribution is -2.76. The molecule has 5 aliphatic carbocycles. The monoisotopic (exact) mass is 660 g/mol. The van der Waals surface area contributed by atoms with E-state index in [1.807, 2.05) is 0 Å². The zero-order valence-corrected chi connectivity index (χ0v) is 29.7. The summed E-state index contributed by atoms with van der Waals surface area (Å²) in [5, 5.41) is 0. The molecule has 2 aromatic rings. The zero-order valence-electron chi connectivity index (χ0n) is 29.7. The highest BCUT2D eigenvalue weighted by atomic mass is 16.6. The molecule has 1 spiro atoms. The van der Waals surface area contributed by atoms with E-state index >= 15 is 0 Å². The van der Waals surface area contributed by atoms with Gasteiger partial charge in [0, 0.05) is 41.5 Å². The Kier molecular flexibility index (Phi) is 6.65. The fourth-order valence-corrected chi connectivity index (χ4v) is 13.2. The summed E-state index contributed by atoms with van der Waals surface area (Å²) in [6.45, 7) is 16.5. The van der Waals surface area contributed by atoms with Crippen LogP contribution in [-0.4, -0.2) is 55.1 Å². The van der Waals surface area contributed by atoms with Gasteiger partial charge < -0.3 is 14.2 Å². The molecular weight excluding hydrogens is 608 g/mol. The molecule has 6 aliphatic rings. The average Bonchev–Trinajstić information content (AvgIpc) is 3.79. The van der Waals surface area contributed by atoms with Crippen LogP contribution in [0.5, 0.6) is 0 Å². The number of carbonyl (C=O) groups is 3. The lowest BCUT2D eigenvalue weighted by atomic mass is 9.30. The Bertz CT molecular complexity index is 1640. The number of hydrogen-bond acceptors (Lipinski definition) is 8. The molecule has 0 amide bonds. The summed E-state index contributed by atoms with van der Waals surface area (Å²) in [6, 6.07) is 0. The highest BCUT2D eigenvalue weighted by Crippen LogP contribution is 2.81. The van der Waals surface area contributed by atoms with Crippen molar-refractivity contribution >= 4 is 18.2 Å². The summed E-state index contributed by atoms with van der Waals surface area (Å²) in [4.78, 5) is 49.4. The maximum Gasteiger partial charge on any atom is 0.419 e. The number of nitrogens with zero attached hydrogens (tertiary/aromatic N) is 4. The third kappa shape index (κ3) is 3.89. The van der Waals surface area contributed by atoms with E-state index in [2.05, 4.69) is 58.4 Å². The largest absolute Gasteiger partial charge is 0.454 e. The Labute approximate surface area is 283 Å². The number of aromatic nitrogens is 4. The number of esters is 1. The quantitative estimate of drug-likeness (QED) is 0.238. The minimum Gasteiger partial charge on any atom is -0.454 e. The Balaban J connectivity index is 1.21. The normalized spacial score (nSPS) is 45.1. The van der Waals surface area contributed by atoms with Crippen LogP contribution in [0.2, 0.25) is 0 Å². The summed E-state index contributed by atoms with van der Waals surface area (Å²) >= 11 is 0. The summed E-state index contributed by atoms with van der Waals surface area (Å²) in [7, 11) is 0. The Hall–Kier alpha value is -3.17. The predicted molar refractivity (Wildman–Crippen MR) is 176 cm³/mol. The van der Waals surface area contributed by atoms with E-state index in [0.717, 1.165) is 57.8 Å². The Morgan fingerprint density at radius 2 is 1.40 bits per heavy atom. The van der Waals surface area contributed by atoms with E-state index in [1.165, 1.54) is 21.8 Å². The zero-order chi connectivity index (χ0) is 34.1. The molecule has 48 heavy (non-hydrogen) atoms. The highest BCUT2D eigenvalue weighted by molar-refractivity contribution is 5.82. The molecule has 1 aliphatic heterocycles. The van der Waals surface area contributed by atoms with Crippen LogP contribution in [0.15, 0.2) is 37.4 Å². The van der Waals surface area contributed by atoms with Crippen LogP contribution in [0.25, 0.3) is 0 Å². The minimum atomic E-state index is -0.905. The van der Waals surface area contributed by atoms with Crippen LogP contribution >= 0.6 is 0 Å². The standard InChI is InChI=1S/C38H52N4O6/c1-32(2)12-14-37-15-13-36(7)35(6)11-8-24-33(3,4)27(46-30(44)41-18-16-39-22-41)9-10-34(24,5)25(35)20-28(47-31(45)42-19-17-40-23-42)38(36,26(37)21-32)48-29(37)43/h16-19,22-28H,8-15,20-21H2,1-7H3/t24-,25+,26+,27-,28-,34-,35+,36-,37-,38+/m0/s1. The van der Waals surface area contributed by atoms with Gasteiger partial charge in [-0.3, -0.25) is 4.79 Å². The first kappa shape index (κ1) is 32.1. The van der Waals surface area contributed by atoms with Gasteiger partial charge in [0.15, 0.2) is 5.60 Å². The molecule has 0 aromatic carbocycles. The van der Waals surface area contributed by atoms with Crippen LogP contribution < -0.4 is 0 Å². The van der Waals surface area contributed by atoms with Crippen molar-refractivity contribution in [1.29, 1.82) is 0 Å². The molecule has 10 heteroatoms. The molecule has 0 unspecified atom stereocenters. The lowest BCUT2D eigenvalue weighted by Gasteiger charge is -2.74. The molecule has 0 N–H and O–H groups in total. The second kappa shape index (κ2) is 9.96. The predicted octanol–water partition coefficient (Wildman–Crippen LogP) is 7.66. The van der Waals surface area contributed by atoms with Gasteiger partial charge in [-0.05, 0) is 92.3 Å². The number of ether oxygens (including phenoxy) is 3. The number of carbonyl (C=O) groups excluding carboxylic acids is 3. The fourth-order valence-electron chi connectivity index (χ4n) is 13.2. The molecule has 1 saturated heterocycles. The first-order valence-corrected chi connectivity index (χ1v) is 18.2. The second-order valence-corrected chi connectivity index (χ2v) is 18.4. The lowest BCUT2D eigenvalue weighted by molar-refractivity contribution is -0.315. The van der Waals surface area contributed by atoms with Gasteiger partial charge in [-0.25, -0.2) is 28.7 Å². The molecule has 2 bridgehead atoms. The molecule has 10 nitrogen and oxygen atoms in total. The first-order valence-electron chi connectivity index (χ1n) is 18.2. The topological polar surface area (TPSA) is 115 Å². The highest BCUT2D eigenvalue weighted by Gasteiger charge is 2.84. The molecule has 10 atom stereocenters. The third-order valence-corrected chi connectivity index (χ3v) is 15.9.